The predicted molar refractivity (Wildman–Crippen MR) is 214 cm³/mol. The zero-order valence-corrected chi connectivity index (χ0v) is 32.9. The Balaban J connectivity index is 0.00000122. The summed E-state index contributed by atoms with van der Waals surface area (Å²) in [5.74, 6) is -0.158. The topological polar surface area (TPSA) is 127 Å². The summed E-state index contributed by atoms with van der Waals surface area (Å²) in [6.45, 7) is 15.6. The molecule has 1 aliphatic carbocycles. The molecule has 1 aliphatic heterocycles. The lowest BCUT2D eigenvalue weighted by Gasteiger charge is -2.32. The van der Waals surface area contributed by atoms with Crippen molar-refractivity contribution in [1.29, 1.82) is 0 Å². The van der Waals surface area contributed by atoms with Crippen molar-refractivity contribution in [2.75, 3.05) is 17.2 Å². The van der Waals surface area contributed by atoms with Crippen LogP contribution < -0.4 is 27.0 Å². The highest BCUT2D eigenvalue weighted by Crippen LogP contribution is 2.41. The number of carbonyl (C=O) groups excluding carboxylic acids is 2. The van der Waals surface area contributed by atoms with Gasteiger partial charge in [0.2, 0.25) is 0 Å². The Hall–Kier alpha value is -4.26. The third-order valence-corrected chi connectivity index (χ3v) is 8.48. The Morgan fingerprint density at radius 1 is 0.926 bits per heavy atom. The SMILES string of the molecule is C=C(/C=C(\Nc1cccc(CNC(=O)OC(C)(C)C)c1)C(=O)Nc1cccc(C(N)(CCC2CC2)c2ccc(C3CN3)cc2)c1)C(F)(F)F.CC(C)(C)S. The first-order valence-corrected chi connectivity index (χ1v) is 18.6. The molecule has 1 saturated heterocycles. The van der Waals surface area contributed by atoms with Crippen LogP contribution in [0.2, 0.25) is 0 Å². The van der Waals surface area contributed by atoms with Gasteiger partial charge in [0.15, 0.2) is 0 Å². The summed E-state index contributed by atoms with van der Waals surface area (Å²) in [6, 6.07) is 22.4. The van der Waals surface area contributed by atoms with Gasteiger partial charge in [0.05, 0.1) is 11.1 Å². The first kappa shape index (κ1) is 42.5. The van der Waals surface area contributed by atoms with E-state index in [0.29, 0.717) is 41.4 Å². The molecule has 3 aromatic rings. The Morgan fingerprint density at radius 3 is 2.07 bits per heavy atom. The van der Waals surface area contributed by atoms with Crippen molar-refractivity contribution in [3.8, 4) is 0 Å². The highest BCUT2D eigenvalue weighted by Gasteiger charge is 2.34. The van der Waals surface area contributed by atoms with Gasteiger partial charge < -0.3 is 31.7 Å². The molecule has 5 rings (SSSR count). The lowest BCUT2D eigenvalue weighted by Crippen LogP contribution is -2.38. The second kappa shape index (κ2) is 17.5. The average Bonchev–Trinajstić information content (AvgIpc) is 3.99. The number of anilines is 2. The van der Waals surface area contributed by atoms with E-state index in [1.807, 2.05) is 6.07 Å². The molecule has 54 heavy (non-hydrogen) atoms. The fraction of sp³-hybridized carbons (Fsp3) is 0.429. The number of rotatable bonds is 13. The van der Waals surface area contributed by atoms with E-state index >= 15 is 0 Å². The number of nitrogens with two attached hydrogens (primary N) is 1. The monoisotopic (exact) mass is 765 g/mol. The molecule has 0 bridgehead atoms. The van der Waals surface area contributed by atoms with Crippen LogP contribution in [-0.4, -0.2) is 35.1 Å². The largest absolute Gasteiger partial charge is 0.444 e. The number of hydrogen-bond acceptors (Lipinski definition) is 7. The molecule has 2 unspecified atom stereocenters. The van der Waals surface area contributed by atoms with Crippen LogP contribution in [-0.2, 0) is 21.6 Å². The molecular weight excluding hydrogens is 712 g/mol. The highest BCUT2D eigenvalue weighted by molar-refractivity contribution is 7.81. The summed E-state index contributed by atoms with van der Waals surface area (Å²) >= 11 is 4.12. The van der Waals surface area contributed by atoms with Crippen LogP contribution in [0, 0.1) is 5.92 Å². The van der Waals surface area contributed by atoms with E-state index in [4.69, 9.17) is 10.5 Å². The Bertz CT molecular complexity index is 1800. The molecule has 0 radical (unpaired) electrons. The van der Waals surface area contributed by atoms with Crippen molar-refractivity contribution in [3.63, 3.8) is 0 Å². The second-order valence-electron chi connectivity index (χ2n) is 16.0. The number of halogens is 3. The van der Waals surface area contributed by atoms with Gasteiger partial charge >= 0.3 is 12.3 Å². The van der Waals surface area contributed by atoms with Gasteiger partial charge in [-0.1, -0.05) is 88.7 Å². The van der Waals surface area contributed by atoms with Crippen molar-refractivity contribution in [2.45, 2.75) is 102 Å². The van der Waals surface area contributed by atoms with Crippen LogP contribution >= 0.6 is 12.6 Å². The minimum Gasteiger partial charge on any atom is -0.444 e. The number of amides is 2. The third-order valence-electron chi connectivity index (χ3n) is 8.48. The third kappa shape index (κ3) is 14.2. The minimum absolute atomic E-state index is 0.0967. The van der Waals surface area contributed by atoms with Crippen molar-refractivity contribution in [1.82, 2.24) is 10.6 Å². The summed E-state index contributed by atoms with van der Waals surface area (Å²) in [4.78, 5) is 25.7. The lowest BCUT2D eigenvalue weighted by molar-refractivity contribution is -0.112. The molecule has 12 heteroatoms. The molecule has 2 amide bonds. The Kier molecular flexibility index (Phi) is 13.7. The second-order valence-corrected chi connectivity index (χ2v) is 17.3. The van der Waals surface area contributed by atoms with Crippen LogP contribution in [0.4, 0.5) is 29.3 Å². The Morgan fingerprint density at radius 2 is 1.52 bits per heavy atom. The summed E-state index contributed by atoms with van der Waals surface area (Å²) in [5, 5.41) is 11.5. The molecule has 2 aliphatic rings. The van der Waals surface area contributed by atoms with E-state index in [2.05, 4.69) is 85.5 Å². The van der Waals surface area contributed by atoms with Crippen LogP contribution in [0.25, 0.3) is 0 Å². The molecule has 3 aromatic carbocycles. The van der Waals surface area contributed by atoms with E-state index in [1.54, 1.807) is 63.2 Å². The van der Waals surface area contributed by atoms with Gasteiger partial charge in [-0.05, 0) is 92.1 Å². The lowest BCUT2D eigenvalue weighted by atomic mass is 9.79. The van der Waals surface area contributed by atoms with Gasteiger partial charge in [0.25, 0.3) is 5.91 Å². The van der Waals surface area contributed by atoms with E-state index in [0.717, 1.165) is 24.1 Å². The van der Waals surface area contributed by atoms with Gasteiger partial charge in [-0.3, -0.25) is 4.79 Å². The van der Waals surface area contributed by atoms with E-state index in [1.165, 1.54) is 18.4 Å². The maximum Gasteiger partial charge on any atom is 0.415 e. The number of hydrogen-bond donors (Lipinski definition) is 6. The summed E-state index contributed by atoms with van der Waals surface area (Å²) in [6.07, 6.45) is -0.659. The van der Waals surface area contributed by atoms with Crippen molar-refractivity contribution in [3.05, 3.63) is 119 Å². The number of ether oxygens (including phenoxy) is 1. The molecule has 6 N–H and O–H groups in total. The summed E-state index contributed by atoms with van der Waals surface area (Å²) in [7, 11) is 0. The standard InChI is InChI=1S/C38H44F3N5O3.C4H10S/c1-24(38(39,40)41)19-32(45-30-9-5-7-26(20-30)22-44-35(48)49-36(2,3)4)34(47)46-31-10-6-8-29(21-31)37(42,18-17-25-11-12-25)28-15-13-27(14-16-28)33-23-43-33;1-4(2,3)5/h5-10,13-16,19-21,25,33,43,45H,1,11-12,17-18,22-23,42H2,2-4H3,(H,44,48)(H,46,47);5H,1-3H3/b32-19-;. The number of allylic oxidation sites excluding steroid dienone is 2. The summed E-state index contributed by atoms with van der Waals surface area (Å²) in [5.41, 5.74) is 8.38. The number of alkyl halides is 3. The normalized spacial score (nSPS) is 16.9. The first-order valence-electron chi connectivity index (χ1n) is 18.2. The number of alkyl carbamates (subject to hydrolysis) is 1. The van der Waals surface area contributed by atoms with Crippen molar-refractivity contribution < 1.29 is 27.5 Å². The number of thiol groups is 1. The first-order chi connectivity index (χ1) is 25.1. The molecule has 0 aromatic heterocycles. The molecular formula is C42H54F3N5O3S. The van der Waals surface area contributed by atoms with E-state index < -0.39 is 34.9 Å². The van der Waals surface area contributed by atoms with Crippen molar-refractivity contribution in [2.24, 2.45) is 11.7 Å². The molecule has 2 atom stereocenters. The number of nitrogens with one attached hydrogen (secondary N) is 4. The zero-order valence-electron chi connectivity index (χ0n) is 32.0. The van der Waals surface area contributed by atoms with E-state index in [9.17, 15) is 22.8 Å². The highest BCUT2D eigenvalue weighted by atomic mass is 32.1. The molecule has 0 spiro atoms. The van der Waals surface area contributed by atoms with E-state index in [-0.39, 0.29) is 17.0 Å². The van der Waals surface area contributed by atoms with Gasteiger partial charge in [-0.15, -0.1) is 0 Å². The molecule has 8 nitrogen and oxygen atoms in total. The zero-order chi connectivity index (χ0) is 39.9. The van der Waals surface area contributed by atoms with Crippen LogP contribution in [0.1, 0.15) is 95.5 Å². The number of carbonyl (C=O) groups is 2. The fourth-order valence-electron chi connectivity index (χ4n) is 5.49. The van der Waals surface area contributed by atoms with Gasteiger partial charge in [-0.25, -0.2) is 4.79 Å². The summed E-state index contributed by atoms with van der Waals surface area (Å²) < 4.78 is 46.2. The molecule has 2 fully saturated rings. The molecule has 1 heterocycles. The number of benzene rings is 3. The molecule has 292 valence electrons. The maximum atomic E-state index is 13.6. The van der Waals surface area contributed by atoms with Gasteiger partial charge in [0.1, 0.15) is 11.3 Å². The minimum atomic E-state index is -4.75. The quantitative estimate of drug-likeness (QED) is 0.0446. The van der Waals surface area contributed by atoms with Crippen LogP contribution in [0.3, 0.4) is 0 Å². The average molecular weight is 766 g/mol. The van der Waals surface area contributed by atoms with Crippen LogP contribution in [0.5, 0.6) is 0 Å². The fourth-order valence-corrected chi connectivity index (χ4v) is 5.49. The van der Waals surface area contributed by atoms with Gasteiger partial charge in [0, 0.05) is 35.3 Å². The van der Waals surface area contributed by atoms with Crippen molar-refractivity contribution >= 4 is 36.0 Å². The predicted octanol–water partition coefficient (Wildman–Crippen LogP) is 9.52. The van der Waals surface area contributed by atoms with Gasteiger partial charge in [-0.2, -0.15) is 25.8 Å². The maximum absolute atomic E-state index is 13.6. The smallest absolute Gasteiger partial charge is 0.415 e. The molecule has 1 saturated carbocycles. The Labute approximate surface area is 323 Å². The van der Waals surface area contributed by atoms with Crippen LogP contribution in [0.15, 0.2) is 96.7 Å².